The monoisotopic (exact) mass is 716 g/mol. The van der Waals surface area contributed by atoms with Crippen molar-refractivity contribution >= 4 is 72.3 Å². The highest BCUT2D eigenvalue weighted by Gasteiger charge is 2.51. The van der Waals surface area contributed by atoms with Gasteiger partial charge >= 0.3 is 7.12 Å². The second-order valence-corrected chi connectivity index (χ2v) is 15.0. The van der Waals surface area contributed by atoms with Crippen LogP contribution < -0.4 is 5.46 Å². The van der Waals surface area contributed by atoms with Crippen LogP contribution in [0.2, 0.25) is 0 Å². The van der Waals surface area contributed by atoms with Crippen LogP contribution in [-0.2, 0) is 15.7 Å². The maximum Gasteiger partial charge on any atom is 0.494 e. The lowest BCUT2D eigenvalue weighted by molar-refractivity contribution is 0.00578. The van der Waals surface area contributed by atoms with E-state index < -0.39 is 0 Å². The zero-order valence-electron chi connectivity index (χ0n) is 27.1. The van der Waals surface area contributed by atoms with Crippen LogP contribution >= 0.6 is 31.9 Å². The molecule has 1 saturated heterocycles. The van der Waals surface area contributed by atoms with Gasteiger partial charge in [0.1, 0.15) is 0 Å². The standard InChI is InChI=1S/C17H24BNO2.C11H12BrN.C9H7Br/c1-12(2)19-10-9-13-7-8-14(11-15(13)19)18-20-16(3,4)17(5,6)21-18;1-8(2)13-6-5-9-3-4-10(12)7-11(9)13;10-9-5-4-7-2-1-3-8(7)6-9/h7-12H,1-6H3;3-8H,1-2H3;1-2,4-6H,3H2. The molecule has 0 spiro atoms. The van der Waals surface area contributed by atoms with E-state index in [4.69, 9.17) is 9.31 Å². The van der Waals surface area contributed by atoms with Gasteiger partial charge in [-0.2, -0.15) is 0 Å². The number of nitrogens with zero attached hydrogens (tertiary/aromatic N) is 2. The molecule has 1 aliphatic carbocycles. The van der Waals surface area contributed by atoms with Crippen molar-refractivity contribution in [2.24, 2.45) is 0 Å². The molecule has 7 heteroatoms. The minimum Gasteiger partial charge on any atom is -0.399 e. The minimum absolute atomic E-state index is 0.296. The van der Waals surface area contributed by atoms with Crippen LogP contribution in [-0.4, -0.2) is 27.5 Å². The van der Waals surface area contributed by atoms with E-state index in [0.29, 0.717) is 12.1 Å². The number of fused-ring (bicyclic) bond motifs is 3. The van der Waals surface area contributed by atoms with Crippen LogP contribution in [0.4, 0.5) is 0 Å². The van der Waals surface area contributed by atoms with E-state index in [1.54, 1.807) is 0 Å². The van der Waals surface area contributed by atoms with Gasteiger partial charge in [0.15, 0.2) is 0 Å². The van der Waals surface area contributed by atoms with E-state index in [1.165, 1.54) is 37.4 Å². The SMILES string of the molecule is Brc1ccc2c(c1)CC=C2.CC(C)n1ccc2ccc(B3OC(C)(C)C(C)(C)O3)cc21.CC(C)n1ccc2ccc(Br)cc21. The summed E-state index contributed by atoms with van der Waals surface area (Å²) in [4.78, 5) is 0. The van der Waals surface area contributed by atoms with E-state index >= 15 is 0 Å². The van der Waals surface area contributed by atoms with Crippen molar-refractivity contribution in [3.05, 3.63) is 105 Å². The molecule has 0 unspecified atom stereocenters. The first-order valence-electron chi connectivity index (χ1n) is 15.4. The van der Waals surface area contributed by atoms with Crippen molar-refractivity contribution in [2.45, 2.75) is 85.1 Å². The van der Waals surface area contributed by atoms with Gasteiger partial charge < -0.3 is 18.4 Å². The Balaban J connectivity index is 0.000000142. The van der Waals surface area contributed by atoms with Gasteiger partial charge in [-0.25, -0.2) is 0 Å². The molecule has 3 aromatic carbocycles. The quantitative estimate of drug-likeness (QED) is 0.174. The Kier molecular flexibility index (Phi) is 9.72. The summed E-state index contributed by atoms with van der Waals surface area (Å²) in [6.07, 6.45) is 9.73. The minimum atomic E-state index is -0.299. The average Bonchev–Trinajstić information content (AvgIpc) is 3.73. The number of hydrogen-bond acceptors (Lipinski definition) is 2. The van der Waals surface area contributed by atoms with Gasteiger partial charge in [-0.1, -0.05) is 68.3 Å². The fourth-order valence-electron chi connectivity index (χ4n) is 5.54. The van der Waals surface area contributed by atoms with Crippen LogP contribution in [0.25, 0.3) is 27.9 Å². The topological polar surface area (TPSA) is 28.3 Å². The average molecular weight is 718 g/mol. The largest absolute Gasteiger partial charge is 0.494 e. The maximum absolute atomic E-state index is 6.14. The van der Waals surface area contributed by atoms with Gasteiger partial charge in [0.2, 0.25) is 0 Å². The Hall–Kier alpha value is -2.58. The fraction of sp³-hybridized carbons (Fsp3) is 0.351. The fourth-order valence-corrected chi connectivity index (χ4v) is 6.30. The zero-order chi connectivity index (χ0) is 31.8. The summed E-state index contributed by atoms with van der Waals surface area (Å²) in [7, 11) is -0.296. The third-order valence-corrected chi connectivity index (χ3v) is 9.80. The molecule has 230 valence electrons. The molecule has 0 atom stereocenters. The molecule has 44 heavy (non-hydrogen) atoms. The van der Waals surface area contributed by atoms with Crippen molar-refractivity contribution < 1.29 is 9.31 Å². The number of allylic oxidation sites excluding steroid dienone is 1. The molecule has 4 nitrogen and oxygen atoms in total. The van der Waals surface area contributed by atoms with Crippen LogP contribution in [0.15, 0.2) is 94.1 Å². The third kappa shape index (κ3) is 6.96. The first-order valence-corrected chi connectivity index (χ1v) is 17.0. The lowest BCUT2D eigenvalue weighted by atomic mass is 9.79. The molecule has 0 saturated carbocycles. The van der Waals surface area contributed by atoms with E-state index in [0.717, 1.165) is 16.4 Å². The van der Waals surface area contributed by atoms with Gasteiger partial charge in [-0.05, 0) is 132 Å². The predicted octanol–water partition coefficient (Wildman–Crippen LogP) is 10.5. The van der Waals surface area contributed by atoms with Crippen LogP contribution in [0.5, 0.6) is 0 Å². The number of benzene rings is 3. The lowest BCUT2D eigenvalue weighted by Gasteiger charge is -2.32. The van der Waals surface area contributed by atoms with Gasteiger partial charge in [-0.15, -0.1) is 0 Å². The number of hydrogen-bond donors (Lipinski definition) is 0. The van der Waals surface area contributed by atoms with Crippen LogP contribution in [0.1, 0.15) is 78.6 Å². The molecule has 0 radical (unpaired) electrons. The molecular formula is C37H43BBr2N2O2. The molecule has 5 aromatic rings. The Morgan fingerprint density at radius 1 is 0.682 bits per heavy atom. The number of aromatic nitrogens is 2. The Morgan fingerprint density at radius 3 is 1.80 bits per heavy atom. The normalized spacial score (nSPS) is 16.3. The molecule has 3 heterocycles. The smallest absolute Gasteiger partial charge is 0.399 e. The van der Waals surface area contributed by atoms with E-state index in [-0.39, 0.29) is 18.3 Å². The van der Waals surface area contributed by atoms with Crippen molar-refractivity contribution in [1.29, 1.82) is 0 Å². The Morgan fingerprint density at radius 2 is 1.20 bits per heavy atom. The summed E-state index contributed by atoms with van der Waals surface area (Å²) >= 11 is 6.92. The molecule has 0 amide bonds. The Labute approximate surface area is 279 Å². The lowest BCUT2D eigenvalue weighted by Crippen LogP contribution is -2.41. The first-order chi connectivity index (χ1) is 20.8. The molecule has 7 rings (SSSR count). The zero-order valence-corrected chi connectivity index (χ0v) is 30.2. The van der Waals surface area contributed by atoms with Crippen molar-refractivity contribution in [2.75, 3.05) is 0 Å². The number of halogens is 2. The summed E-state index contributed by atoms with van der Waals surface area (Å²) in [5, 5.41) is 2.56. The van der Waals surface area contributed by atoms with Crippen LogP contribution in [0, 0.1) is 0 Å². The summed E-state index contributed by atoms with van der Waals surface area (Å²) in [5.74, 6) is 0. The predicted molar refractivity (Wildman–Crippen MR) is 195 cm³/mol. The molecule has 0 bridgehead atoms. The van der Waals surface area contributed by atoms with E-state index in [1.807, 2.05) is 0 Å². The molecule has 1 fully saturated rings. The van der Waals surface area contributed by atoms with Crippen molar-refractivity contribution in [1.82, 2.24) is 9.13 Å². The summed E-state index contributed by atoms with van der Waals surface area (Å²) in [6, 6.07) is 24.5. The van der Waals surface area contributed by atoms with Crippen LogP contribution in [0.3, 0.4) is 0 Å². The summed E-state index contributed by atoms with van der Waals surface area (Å²) < 4.78 is 19.2. The second-order valence-electron chi connectivity index (χ2n) is 13.2. The molecule has 1 aliphatic heterocycles. The van der Waals surface area contributed by atoms with Gasteiger partial charge in [0.25, 0.3) is 0 Å². The molecule has 2 aliphatic rings. The number of rotatable bonds is 3. The first kappa shape index (κ1) is 32.8. The third-order valence-electron chi connectivity index (χ3n) is 8.81. The molecule has 2 aromatic heterocycles. The van der Waals surface area contributed by atoms with Gasteiger partial charge in [0, 0.05) is 44.5 Å². The van der Waals surface area contributed by atoms with E-state index in [9.17, 15) is 0 Å². The van der Waals surface area contributed by atoms with Gasteiger partial charge in [-0.3, -0.25) is 0 Å². The van der Waals surface area contributed by atoms with E-state index in [2.05, 4.69) is 188 Å². The highest BCUT2D eigenvalue weighted by Crippen LogP contribution is 2.36. The highest BCUT2D eigenvalue weighted by atomic mass is 79.9. The molecule has 0 N–H and O–H groups in total. The van der Waals surface area contributed by atoms with Crippen molar-refractivity contribution in [3.63, 3.8) is 0 Å². The highest BCUT2D eigenvalue weighted by molar-refractivity contribution is 9.10. The summed E-state index contributed by atoms with van der Waals surface area (Å²) in [6.45, 7) is 17.1. The van der Waals surface area contributed by atoms with Crippen molar-refractivity contribution in [3.8, 4) is 0 Å². The molecular weight excluding hydrogens is 675 g/mol. The summed E-state index contributed by atoms with van der Waals surface area (Å²) in [5.41, 5.74) is 5.81. The Bertz CT molecular complexity index is 1780. The van der Waals surface area contributed by atoms with Gasteiger partial charge in [0.05, 0.1) is 11.2 Å². The second kappa shape index (κ2) is 13.0. The maximum atomic E-state index is 6.14.